The summed E-state index contributed by atoms with van der Waals surface area (Å²) in [5, 5.41) is 13.3. The van der Waals surface area contributed by atoms with Crippen LogP contribution < -0.4 is 5.32 Å². The number of rotatable bonds is 7. The number of aliphatic hydroxyl groups excluding tert-OH is 1. The van der Waals surface area contributed by atoms with Gasteiger partial charge in [0.1, 0.15) is 5.82 Å². The zero-order valence-corrected chi connectivity index (χ0v) is 12.0. The van der Waals surface area contributed by atoms with Crippen molar-refractivity contribution in [2.75, 3.05) is 24.2 Å². The van der Waals surface area contributed by atoms with E-state index in [9.17, 15) is 0 Å². The molecule has 3 nitrogen and oxygen atoms in total. The largest absolute Gasteiger partial charge is 0.396 e. The molecule has 0 unspecified atom stereocenters. The first-order valence-corrected chi connectivity index (χ1v) is 7.81. The predicted octanol–water partition coefficient (Wildman–Crippen LogP) is 3.28. The molecule has 0 atom stereocenters. The zero-order chi connectivity index (χ0) is 13.5. The molecule has 102 valence electrons. The SMILES string of the molecule is CCNc1nc2ccccc2cc1CSCCCO. The Hall–Kier alpha value is -1.26. The highest BCUT2D eigenvalue weighted by Gasteiger charge is 2.06. The van der Waals surface area contributed by atoms with Crippen molar-refractivity contribution in [2.24, 2.45) is 0 Å². The van der Waals surface area contributed by atoms with Gasteiger partial charge in [-0.05, 0) is 31.2 Å². The van der Waals surface area contributed by atoms with Crippen LogP contribution in [0.1, 0.15) is 18.9 Å². The first-order valence-electron chi connectivity index (χ1n) is 6.66. The third kappa shape index (κ3) is 3.85. The maximum Gasteiger partial charge on any atom is 0.130 e. The number of benzene rings is 1. The number of hydrogen-bond acceptors (Lipinski definition) is 4. The van der Waals surface area contributed by atoms with E-state index in [1.165, 1.54) is 10.9 Å². The second-order valence-corrected chi connectivity index (χ2v) is 5.45. The van der Waals surface area contributed by atoms with Gasteiger partial charge >= 0.3 is 0 Å². The van der Waals surface area contributed by atoms with Crippen molar-refractivity contribution < 1.29 is 5.11 Å². The molecule has 0 bridgehead atoms. The van der Waals surface area contributed by atoms with Crippen LogP contribution in [0.5, 0.6) is 0 Å². The molecule has 0 radical (unpaired) electrons. The zero-order valence-electron chi connectivity index (χ0n) is 11.2. The highest BCUT2D eigenvalue weighted by molar-refractivity contribution is 7.98. The molecule has 2 aromatic rings. The van der Waals surface area contributed by atoms with E-state index in [-0.39, 0.29) is 6.61 Å². The van der Waals surface area contributed by atoms with E-state index >= 15 is 0 Å². The minimum atomic E-state index is 0.267. The number of pyridine rings is 1. The molecule has 1 heterocycles. The molecule has 0 aliphatic carbocycles. The van der Waals surface area contributed by atoms with Gasteiger partial charge in [0.25, 0.3) is 0 Å². The van der Waals surface area contributed by atoms with Gasteiger partial charge in [-0.1, -0.05) is 18.2 Å². The Morgan fingerprint density at radius 3 is 2.95 bits per heavy atom. The van der Waals surface area contributed by atoms with E-state index in [1.54, 1.807) is 0 Å². The van der Waals surface area contributed by atoms with Gasteiger partial charge in [-0.25, -0.2) is 4.98 Å². The van der Waals surface area contributed by atoms with Crippen molar-refractivity contribution >= 4 is 28.5 Å². The molecule has 19 heavy (non-hydrogen) atoms. The number of thioether (sulfide) groups is 1. The van der Waals surface area contributed by atoms with E-state index in [0.717, 1.165) is 35.8 Å². The summed E-state index contributed by atoms with van der Waals surface area (Å²) in [5.41, 5.74) is 2.27. The van der Waals surface area contributed by atoms with Crippen molar-refractivity contribution in [2.45, 2.75) is 19.1 Å². The molecule has 1 aromatic carbocycles. The van der Waals surface area contributed by atoms with Gasteiger partial charge in [-0.15, -0.1) is 0 Å². The lowest BCUT2D eigenvalue weighted by molar-refractivity contribution is 0.296. The topological polar surface area (TPSA) is 45.2 Å². The van der Waals surface area contributed by atoms with Gasteiger partial charge < -0.3 is 10.4 Å². The smallest absolute Gasteiger partial charge is 0.130 e. The summed E-state index contributed by atoms with van der Waals surface area (Å²) in [5.74, 6) is 2.90. The van der Waals surface area contributed by atoms with Crippen LogP contribution in [0.25, 0.3) is 10.9 Å². The molecule has 0 aliphatic rings. The summed E-state index contributed by atoms with van der Waals surface area (Å²) >= 11 is 1.84. The number of nitrogens with zero attached hydrogens (tertiary/aromatic N) is 1. The van der Waals surface area contributed by atoms with Crippen molar-refractivity contribution in [1.29, 1.82) is 0 Å². The van der Waals surface area contributed by atoms with Crippen molar-refractivity contribution in [3.8, 4) is 0 Å². The Kier molecular flexibility index (Phi) is 5.48. The Balaban J connectivity index is 2.20. The van der Waals surface area contributed by atoms with E-state index in [4.69, 9.17) is 5.11 Å². The molecule has 4 heteroatoms. The average Bonchev–Trinajstić information content (AvgIpc) is 2.44. The Bertz CT molecular complexity index is 531. The predicted molar refractivity (Wildman–Crippen MR) is 83.8 cm³/mol. The molecule has 0 amide bonds. The van der Waals surface area contributed by atoms with Gasteiger partial charge in [-0.2, -0.15) is 11.8 Å². The fourth-order valence-corrected chi connectivity index (χ4v) is 2.86. The third-order valence-corrected chi connectivity index (χ3v) is 3.94. The van der Waals surface area contributed by atoms with Crippen molar-refractivity contribution in [3.63, 3.8) is 0 Å². The van der Waals surface area contributed by atoms with Crippen LogP contribution in [0.15, 0.2) is 30.3 Å². The van der Waals surface area contributed by atoms with Gasteiger partial charge in [0.15, 0.2) is 0 Å². The van der Waals surface area contributed by atoms with E-state index in [2.05, 4.69) is 29.4 Å². The summed E-state index contributed by atoms with van der Waals surface area (Å²) in [6.45, 7) is 3.22. The number of aliphatic hydroxyl groups is 1. The molecule has 0 saturated heterocycles. The second-order valence-electron chi connectivity index (χ2n) is 4.35. The summed E-state index contributed by atoms with van der Waals surface area (Å²) < 4.78 is 0. The molecule has 1 aromatic heterocycles. The lowest BCUT2D eigenvalue weighted by Crippen LogP contribution is -2.03. The lowest BCUT2D eigenvalue weighted by atomic mass is 10.1. The van der Waals surface area contributed by atoms with Crippen LogP contribution in [0, 0.1) is 0 Å². The number of hydrogen-bond donors (Lipinski definition) is 2. The van der Waals surface area contributed by atoms with Crippen LogP contribution in [0.2, 0.25) is 0 Å². The molecule has 2 rings (SSSR count). The summed E-state index contributed by atoms with van der Waals surface area (Å²) in [6, 6.07) is 10.4. The van der Waals surface area contributed by atoms with Crippen LogP contribution in [0.3, 0.4) is 0 Å². The fraction of sp³-hybridized carbons (Fsp3) is 0.400. The summed E-state index contributed by atoms with van der Waals surface area (Å²) in [7, 11) is 0. The average molecular weight is 276 g/mol. The monoisotopic (exact) mass is 276 g/mol. The highest BCUT2D eigenvalue weighted by Crippen LogP contribution is 2.24. The minimum absolute atomic E-state index is 0.267. The second kappa shape index (κ2) is 7.36. The van der Waals surface area contributed by atoms with Gasteiger partial charge in [-0.3, -0.25) is 0 Å². The summed E-state index contributed by atoms with van der Waals surface area (Å²) in [4.78, 5) is 4.69. The van der Waals surface area contributed by atoms with Crippen molar-refractivity contribution in [3.05, 3.63) is 35.9 Å². The molecular formula is C15H20N2OS. The number of anilines is 1. The molecule has 2 N–H and O–H groups in total. The van der Waals surface area contributed by atoms with E-state index in [1.807, 2.05) is 30.0 Å². The number of aromatic nitrogens is 1. The first-order chi connectivity index (χ1) is 9.35. The Labute approximate surface area is 118 Å². The Morgan fingerprint density at radius 1 is 1.32 bits per heavy atom. The van der Waals surface area contributed by atoms with Crippen LogP contribution >= 0.6 is 11.8 Å². The molecule has 0 spiro atoms. The third-order valence-electron chi connectivity index (χ3n) is 2.85. The fourth-order valence-electron chi connectivity index (χ4n) is 1.94. The van der Waals surface area contributed by atoms with Crippen LogP contribution in [-0.2, 0) is 5.75 Å². The van der Waals surface area contributed by atoms with Gasteiger partial charge in [0, 0.05) is 29.9 Å². The molecule has 0 aliphatic heterocycles. The first kappa shape index (κ1) is 14.2. The summed E-state index contributed by atoms with van der Waals surface area (Å²) in [6.07, 6.45) is 0.849. The highest BCUT2D eigenvalue weighted by atomic mass is 32.2. The number of fused-ring (bicyclic) bond motifs is 1. The van der Waals surface area contributed by atoms with Gasteiger partial charge in [0.2, 0.25) is 0 Å². The van der Waals surface area contributed by atoms with Crippen molar-refractivity contribution in [1.82, 2.24) is 4.98 Å². The lowest BCUT2D eigenvalue weighted by Gasteiger charge is -2.11. The molecule has 0 saturated carbocycles. The quantitative estimate of drug-likeness (QED) is 0.762. The molecule has 0 fully saturated rings. The standard InChI is InChI=1S/C15H20N2OS/c1-2-16-15-13(11-19-9-5-8-18)10-12-6-3-4-7-14(12)17-15/h3-4,6-7,10,18H,2,5,8-9,11H2,1H3,(H,16,17). The van der Waals surface area contributed by atoms with E-state index < -0.39 is 0 Å². The normalized spacial score (nSPS) is 10.8. The van der Waals surface area contributed by atoms with E-state index in [0.29, 0.717) is 0 Å². The Morgan fingerprint density at radius 2 is 2.16 bits per heavy atom. The number of nitrogens with one attached hydrogen (secondary N) is 1. The van der Waals surface area contributed by atoms with Crippen LogP contribution in [0.4, 0.5) is 5.82 Å². The van der Waals surface area contributed by atoms with Crippen LogP contribution in [-0.4, -0.2) is 29.0 Å². The minimum Gasteiger partial charge on any atom is -0.396 e. The maximum atomic E-state index is 8.81. The number of para-hydroxylation sites is 1. The molecular weight excluding hydrogens is 256 g/mol. The van der Waals surface area contributed by atoms with Gasteiger partial charge in [0.05, 0.1) is 5.52 Å². The maximum absolute atomic E-state index is 8.81.